The van der Waals surface area contributed by atoms with Gasteiger partial charge >= 0.3 is 0 Å². The lowest BCUT2D eigenvalue weighted by Crippen LogP contribution is -2.11. The first-order chi connectivity index (χ1) is 7.36. The minimum Gasteiger partial charge on any atom is -0.382 e. The Morgan fingerprint density at radius 1 is 1.40 bits per heavy atom. The van der Waals surface area contributed by atoms with Gasteiger partial charge in [0.2, 0.25) is 0 Å². The lowest BCUT2D eigenvalue weighted by Gasteiger charge is -2.06. The fourth-order valence-electron chi connectivity index (χ4n) is 1.18. The third-order valence-electron chi connectivity index (χ3n) is 1.90. The van der Waals surface area contributed by atoms with E-state index in [2.05, 4.69) is 20.6 Å². The minimum atomic E-state index is 0.621. The van der Waals surface area contributed by atoms with E-state index in [4.69, 9.17) is 11.6 Å². The molecule has 1 N–H and O–H groups in total. The Balaban J connectivity index is 1.86. The number of nitrogens with zero attached hydrogens (tertiary/aromatic N) is 4. The Morgan fingerprint density at radius 2 is 2.33 bits per heavy atom. The molecular formula is C9H10ClN5. The number of hydrogen-bond donors (Lipinski definition) is 1. The van der Waals surface area contributed by atoms with E-state index in [1.54, 1.807) is 23.3 Å². The topological polar surface area (TPSA) is 55.6 Å². The molecule has 2 aromatic heterocycles. The monoisotopic (exact) mass is 223 g/mol. The third-order valence-corrected chi connectivity index (χ3v) is 2.20. The summed E-state index contributed by atoms with van der Waals surface area (Å²) >= 11 is 5.93. The Labute approximate surface area is 92.1 Å². The molecule has 0 amide bonds. The molecule has 0 fully saturated rings. The fourth-order valence-corrected chi connectivity index (χ4v) is 1.36. The van der Waals surface area contributed by atoms with Crippen molar-refractivity contribution in [1.29, 1.82) is 0 Å². The summed E-state index contributed by atoms with van der Waals surface area (Å²) in [5.74, 6) is 0. The zero-order valence-corrected chi connectivity index (χ0v) is 8.72. The molecule has 6 heteroatoms. The van der Waals surface area contributed by atoms with Crippen molar-refractivity contribution < 1.29 is 0 Å². The number of aromatic nitrogens is 4. The van der Waals surface area contributed by atoms with Crippen LogP contribution in [0.1, 0.15) is 0 Å². The normalized spacial score (nSPS) is 10.2. The SMILES string of the molecule is Clc1cnccc1NCCn1ccnn1. The molecule has 0 atom stereocenters. The van der Waals surface area contributed by atoms with Gasteiger partial charge in [-0.15, -0.1) is 5.10 Å². The van der Waals surface area contributed by atoms with Gasteiger partial charge < -0.3 is 5.32 Å². The molecule has 78 valence electrons. The molecule has 2 heterocycles. The molecule has 0 spiro atoms. The molecule has 0 aromatic carbocycles. The van der Waals surface area contributed by atoms with Gasteiger partial charge in [0.1, 0.15) is 0 Å². The van der Waals surface area contributed by atoms with E-state index in [9.17, 15) is 0 Å². The quantitative estimate of drug-likeness (QED) is 0.852. The maximum Gasteiger partial charge on any atom is 0.0820 e. The Kier molecular flexibility index (Phi) is 3.14. The van der Waals surface area contributed by atoms with Crippen molar-refractivity contribution in [1.82, 2.24) is 20.0 Å². The molecule has 2 aromatic rings. The van der Waals surface area contributed by atoms with Crippen LogP contribution in [0.3, 0.4) is 0 Å². The van der Waals surface area contributed by atoms with Crippen LogP contribution in [-0.4, -0.2) is 26.5 Å². The van der Waals surface area contributed by atoms with E-state index in [0.717, 1.165) is 18.8 Å². The summed E-state index contributed by atoms with van der Waals surface area (Å²) in [7, 11) is 0. The molecule has 0 bridgehead atoms. The lowest BCUT2D eigenvalue weighted by molar-refractivity contribution is 0.609. The highest BCUT2D eigenvalue weighted by Crippen LogP contribution is 2.18. The Bertz CT molecular complexity index is 414. The number of anilines is 1. The second kappa shape index (κ2) is 4.75. The first-order valence-electron chi connectivity index (χ1n) is 4.54. The molecule has 0 aliphatic carbocycles. The van der Waals surface area contributed by atoms with Gasteiger partial charge in [-0.2, -0.15) is 0 Å². The van der Waals surface area contributed by atoms with Gasteiger partial charge in [0.15, 0.2) is 0 Å². The second-order valence-corrected chi connectivity index (χ2v) is 3.36. The standard InChI is InChI=1S/C9H10ClN5/c10-8-7-11-2-1-9(8)12-3-5-15-6-4-13-14-15/h1-2,4,6-7H,3,5H2,(H,11,12). The molecule has 0 unspecified atom stereocenters. The molecule has 15 heavy (non-hydrogen) atoms. The van der Waals surface area contributed by atoms with E-state index in [1.807, 2.05) is 12.3 Å². The molecule has 0 aliphatic rings. The van der Waals surface area contributed by atoms with Crippen LogP contribution in [0.15, 0.2) is 30.9 Å². The van der Waals surface area contributed by atoms with E-state index in [1.165, 1.54) is 0 Å². The summed E-state index contributed by atoms with van der Waals surface area (Å²) in [6.07, 6.45) is 6.78. The van der Waals surface area contributed by atoms with Crippen LogP contribution in [0.4, 0.5) is 5.69 Å². The summed E-state index contributed by atoms with van der Waals surface area (Å²) in [5.41, 5.74) is 0.881. The van der Waals surface area contributed by atoms with Crippen molar-refractivity contribution in [3.05, 3.63) is 35.9 Å². The predicted molar refractivity (Wildman–Crippen MR) is 57.8 cm³/mol. The van der Waals surface area contributed by atoms with Crippen LogP contribution in [0.2, 0.25) is 5.02 Å². The number of hydrogen-bond acceptors (Lipinski definition) is 4. The molecule has 0 saturated heterocycles. The smallest absolute Gasteiger partial charge is 0.0820 e. The summed E-state index contributed by atoms with van der Waals surface area (Å²) in [6.45, 7) is 1.49. The predicted octanol–water partition coefficient (Wildman–Crippen LogP) is 1.44. The summed E-state index contributed by atoms with van der Waals surface area (Å²) in [4.78, 5) is 3.90. The van der Waals surface area contributed by atoms with Gasteiger partial charge in [0.25, 0.3) is 0 Å². The first kappa shape index (κ1) is 9.92. The second-order valence-electron chi connectivity index (χ2n) is 2.95. The van der Waals surface area contributed by atoms with Crippen LogP contribution in [0, 0.1) is 0 Å². The zero-order valence-electron chi connectivity index (χ0n) is 7.97. The lowest BCUT2D eigenvalue weighted by atomic mass is 10.4. The third kappa shape index (κ3) is 2.66. The van der Waals surface area contributed by atoms with E-state index < -0.39 is 0 Å². The van der Waals surface area contributed by atoms with Crippen LogP contribution in [0.5, 0.6) is 0 Å². The average molecular weight is 224 g/mol. The highest BCUT2D eigenvalue weighted by Gasteiger charge is 1.98. The number of nitrogens with one attached hydrogen (secondary N) is 1. The van der Waals surface area contributed by atoms with Crippen LogP contribution in [-0.2, 0) is 6.54 Å². The van der Waals surface area contributed by atoms with E-state index in [-0.39, 0.29) is 0 Å². The molecule has 0 saturated carbocycles. The Hall–Kier alpha value is -1.62. The van der Waals surface area contributed by atoms with E-state index >= 15 is 0 Å². The molecule has 0 radical (unpaired) electrons. The molecule has 0 aliphatic heterocycles. The number of rotatable bonds is 4. The minimum absolute atomic E-state index is 0.621. The van der Waals surface area contributed by atoms with Crippen molar-refractivity contribution in [3.8, 4) is 0 Å². The van der Waals surface area contributed by atoms with Crippen LogP contribution in [0.25, 0.3) is 0 Å². The molecule has 5 nitrogen and oxygen atoms in total. The molecular weight excluding hydrogens is 214 g/mol. The van der Waals surface area contributed by atoms with Crippen molar-refractivity contribution in [3.63, 3.8) is 0 Å². The summed E-state index contributed by atoms with van der Waals surface area (Å²) in [6, 6.07) is 1.84. The van der Waals surface area contributed by atoms with E-state index in [0.29, 0.717) is 5.02 Å². The molecule has 2 rings (SSSR count). The van der Waals surface area contributed by atoms with Gasteiger partial charge in [-0.1, -0.05) is 16.8 Å². The maximum absolute atomic E-state index is 5.93. The van der Waals surface area contributed by atoms with Crippen molar-refractivity contribution >= 4 is 17.3 Å². The van der Waals surface area contributed by atoms with Gasteiger partial charge in [0, 0.05) is 25.1 Å². The van der Waals surface area contributed by atoms with Gasteiger partial charge in [-0.3, -0.25) is 9.67 Å². The van der Waals surface area contributed by atoms with Crippen molar-refractivity contribution in [2.24, 2.45) is 0 Å². The fraction of sp³-hybridized carbons (Fsp3) is 0.222. The van der Waals surface area contributed by atoms with Crippen LogP contribution >= 0.6 is 11.6 Å². The highest BCUT2D eigenvalue weighted by atomic mass is 35.5. The number of pyridine rings is 1. The largest absolute Gasteiger partial charge is 0.382 e. The van der Waals surface area contributed by atoms with Crippen molar-refractivity contribution in [2.45, 2.75) is 6.54 Å². The van der Waals surface area contributed by atoms with Crippen molar-refractivity contribution in [2.75, 3.05) is 11.9 Å². The van der Waals surface area contributed by atoms with Gasteiger partial charge in [-0.25, -0.2) is 0 Å². The highest BCUT2D eigenvalue weighted by molar-refractivity contribution is 6.33. The number of halogens is 1. The summed E-state index contributed by atoms with van der Waals surface area (Å²) in [5, 5.41) is 11.4. The van der Waals surface area contributed by atoms with Gasteiger partial charge in [0.05, 0.1) is 23.5 Å². The Morgan fingerprint density at radius 3 is 3.07 bits per heavy atom. The summed E-state index contributed by atoms with van der Waals surface area (Å²) < 4.78 is 1.75. The van der Waals surface area contributed by atoms with Crippen LogP contribution < -0.4 is 5.32 Å². The average Bonchev–Trinajstić information content (AvgIpc) is 2.74. The first-order valence-corrected chi connectivity index (χ1v) is 4.91. The maximum atomic E-state index is 5.93. The zero-order chi connectivity index (χ0) is 10.5. The van der Waals surface area contributed by atoms with Gasteiger partial charge in [-0.05, 0) is 6.07 Å².